The number of fused-ring (bicyclic) bond motifs is 1. The van der Waals surface area contributed by atoms with E-state index >= 15 is 0 Å². The molecule has 5 rings (SSSR count). The second-order valence-corrected chi connectivity index (χ2v) is 8.58. The molecule has 0 atom stereocenters. The summed E-state index contributed by atoms with van der Waals surface area (Å²) in [6, 6.07) is 10.3. The molecule has 1 saturated carbocycles. The smallest absolute Gasteiger partial charge is 0.254 e. The number of nitrogens with zero attached hydrogens (tertiary/aromatic N) is 3. The summed E-state index contributed by atoms with van der Waals surface area (Å²) < 4.78 is 14.9. The van der Waals surface area contributed by atoms with Gasteiger partial charge in [0.25, 0.3) is 11.8 Å². The maximum Gasteiger partial charge on any atom is 0.254 e. The van der Waals surface area contributed by atoms with E-state index in [2.05, 4.69) is 10.2 Å². The summed E-state index contributed by atoms with van der Waals surface area (Å²) in [6.07, 6.45) is 1.02. The predicted molar refractivity (Wildman–Crippen MR) is 115 cm³/mol. The largest absolute Gasteiger partial charge is 0.380 e. The zero-order valence-corrected chi connectivity index (χ0v) is 17.4. The van der Waals surface area contributed by atoms with Gasteiger partial charge in [0.15, 0.2) is 0 Å². The average molecular weight is 424 g/mol. The molecular weight excluding hydrogens is 399 g/mol. The Kier molecular flexibility index (Phi) is 4.62. The molecule has 2 amide bonds. The molecule has 2 aliphatic heterocycles. The van der Waals surface area contributed by atoms with Crippen molar-refractivity contribution in [2.45, 2.75) is 18.4 Å². The zero-order valence-electron chi connectivity index (χ0n) is 17.4. The lowest BCUT2D eigenvalue weighted by atomic mass is 10.0. The topological polar surface area (TPSA) is 76.1 Å². The van der Waals surface area contributed by atoms with Gasteiger partial charge < -0.3 is 25.1 Å². The molecule has 0 unspecified atom stereocenters. The van der Waals surface area contributed by atoms with Gasteiger partial charge in [0.1, 0.15) is 11.4 Å². The van der Waals surface area contributed by atoms with Crippen LogP contribution in [0.2, 0.25) is 0 Å². The molecule has 1 aliphatic carbocycles. The molecule has 2 fully saturated rings. The van der Waals surface area contributed by atoms with Crippen LogP contribution in [0.4, 0.5) is 15.8 Å². The van der Waals surface area contributed by atoms with E-state index in [4.69, 9.17) is 0 Å². The molecule has 0 radical (unpaired) electrons. The van der Waals surface area contributed by atoms with Crippen LogP contribution in [-0.4, -0.2) is 72.2 Å². The Morgan fingerprint density at radius 3 is 2.42 bits per heavy atom. The van der Waals surface area contributed by atoms with Crippen molar-refractivity contribution in [2.75, 3.05) is 50.1 Å². The molecule has 7 nitrogen and oxygen atoms in total. The monoisotopic (exact) mass is 424 g/mol. The lowest BCUT2D eigenvalue weighted by Gasteiger charge is -2.35. The third-order valence-corrected chi connectivity index (χ3v) is 6.42. The number of amides is 2. The standard InChI is InChI=1S/C23H25FN4O3/c1-26-14-25-19-13-15(3-5-20(19)26)17-4-2-16(12-18(17)24)21(29)27-8-10-28(11-9-27)22(30)23(31)6-7-23/h2-5,12-13,25,31H,6-11,14H2,1H3. The molecule has 8 heteroatoms. The summed E-state index contributed by atoms with van der Waals surface area (Å²) in [5.41, 5.74) is 2.34. The summed E-state index contributed by atoms with van der Waals surface area (Å²) in [5.74, 6) is -0.938. The number of piperazine rings is 1. The van der Waals surface area contributed by atoms with Crippen molar-refractivity contribution in [3.63, 3.8) is 0 Å². The van der Waals surface area contributed by atoms with Crippen LogP contribution in [0, 0.1) is 5.82 Å². The second kappa shape index (κ2) is 7.23. The number of anilines is 2. The van der Waals surface area contributed by atoms with Gasteiger partial charge in [0, 0.05) is 44.4 Å². The number of hydrogen-bond acceptors (Lipinski definition) is 5. The van der Waals surface area contributed by atoms with Gasteiger partial charge in [-0.1, -0.05) is 12.1 Å². The van der Waals surface area contributed by atoms with Gasteiger partial charge in [-0.25, -0.2) is 4.39 Å². The van der Waals surface area contributed by atoms with Gasteiger partial charge in [0.2, 0.25) is 0 Å². The van der Waals surface area contributed by atoms with E-state index in [1.54, 1.807) is 21.9 Å². The van der Waals surface area contributed by atoms with Gasteiger partial charge in [-0.05, 0) is 42.7 Å². The first-order valence-corrected chi connectivity index (χ1v) is 10.6. The van der Waals surface area contributed by atoms with E-state index in [0.29, 0.717) is 56.8 Å². The van der Waals surface area contributed by atoms with E-state index < -0.39 is 11.4 Å². The van der Waals surface area contributed by atoms with Crippen molar-refractivity contribution in [1.82, 2.24) is 9.80 Å². The summed E-state index contributed by atoms with van der Waals surface area (Å²) >= 11 is 0. The summed E-state index contributed by atoms with van der Waals surface area (Å²) in [6.45, 7) is 2.21. The molecule has 3 aliphatic rings. The van der Waals surface area contributed by atoms with Crippen molar-refractivity contribution < 1.29 is 19.1 Å². The number of halogens is 1. The van der Waals surface area contributed by atoms with Gasteiger partial charge in [0.05, 0.1) is 18.0 Å². The summed E-state index contributed by atoms with van der Waals surface area (Å²) in [7, 11) is 1.99. The molecule has 0 aromatic heterocycles. The lowest BCUT2D eigenvalue weighted by Crippen LogP contribution is -2.53. The van der Waals surface area contributed by atoms with Gasteiger partial charge >= 0.3 is 0 Å². The molecule has 1 saturated heterocycles. The second-order valence-electron chi connectivity index (χ2n) is 8.58. The third kappa shape index (κ3) is 3.50. The Morgan fingerprint density at radius 2 is 1.74 bits per heavy atom. The van der Waals surface area contributed by atoms with Crippen molar-refractivity contribution in [3.05, 3.63) is 47.8 Å². The first-order valence-electron chi connectivity index (χ1n) is 10.6. The van der Waals surface area contributed by atoms with Crippen molar-refractivity contribution in [1.29, 1.82) is 0 Å². The molecular formula is C23H25FN4O3. The van der Waals surface area contributed by atoms with Gasteiger partial charge in [-0.15, -0.1) is 0 Å². The Bertz CT molecular complexity index is 1060. The Balaban J connectivity index is 1.28. The first kappa shape index (κ1) is 19.8. The number of nitrogens with one attached hydrogen (secondary N) is 1. The Morgan fingerprint density at radius 1 is 1.03 bits per heavy atom. The number of carbonyl (C=O) groups is 2. The van der Waals surface area contributed by atoms with Crippen LogP contribution in [0.5, 0.6) is 0 Å². The van der Waals surface area contributed by atoms with Crippen LogP contribution < -0.4 is 10.2 Å². The minimum atomic E-state index is -1.19. The van der Waals surface area contributed by atoms with Gasteiger partial charge in [-0.3, -0.25) is 9.59 Å². The van der Waals surface area contributed by atoms with Crippen LogP contribution in [-0.2, 0) is 4.79 Å². The highest BCUT2D eigenvalue weighted by Crippen LogP contribution is 2.37. The van der Waals surface area contributed by atoms with Gasteiger partial charge in [-0.2, -0.15) is 0 Å². The maximum absolute atomic E-state index is 14.9. The highest BCUT2D eigenvalue weighted by molar-refractivity contribution is 5.95. The number of hydrogen-bond donors (Lipinski definition) is 2. The van der Waals surface area contributed by atoms with E-state index in [-0.39, 0.29) is 11.8 Å². The number of rotatable bonds is 3. The molecule has 2 aromatic carbocycles. The molecule has 0 spiro atoms. The fourth-order valence-corrected chi connectivity index (χ4v) is 4.27. The Labute approximate surface area is 180 Å². The SMILES string of the molecule is CN1CNc2cc(-c3ccc(C(=O)N4CCN(C(=O)C5(O)CC5)CC4)cc3F)ccc21. The van der Waals surface area contributed by atoms with Crippen LogP contribution in [0.1, 0.15) is 23.2 Å². The highest BCUT2D eigenvalue weighted by atomic mass is 19.1. The van der Waals surface area contributed by atoms with Crippen LogP contribution in [0.15, 0.2) is 36.4 Å². The molecule has 2 N–H and O–H groups in total. The molecule has 2 aromatic rings. The Hall–Kier alpha value is -3.13. The van der Waals surface area contributed by atoms with E-state index in [0.717, 1.165) is 16.9 Å². The predicted octanol–water partition coefficient (Wildman–Crippen LogP) is 2.12. The average Bonchev–Trinajstić information content (AvgIpc) is 3.44. The molecule has 162 valence electrons. The fourth-order valence-electron chi connectivity index (χ4n) is 4.27. The quantitative estimate of drug-likeness (QED) is 0.790. The minimum Gasteiger partial charge on any atom is -0.380 e. The minimum absolute atomic E-state index is 0.245. The third-order valence-electron chi connectivity index (χ3n) is 6.42. The first-order chi connectivity index (χ1) is 14.9. The number of benzene rings is 2. The molecule has 31 heavy (non-hydrogen) atoms. The van der Waals surface area contributed by atoms with Crippen molar-refractivity contribution >= 4 is 23.2 Å². The van der Waals surface area contributed by atoms with Crippen LogP contribution >= 0.6 is 0 Å². The highest BCUT2D eigenvalue weighted by Gasteiger charge is 2.50. The zero-order chi connectivity index (χ0) is 21.8. The maximum atomic E-state index is 14.9. The van der Waals surface area contributed by atoms with E-state index in [1.165, 1.54) is 6.07 Å². The lowest BCUT2D eigenvalue weighted by molar-refractivity contribution is -0.143. The summed E-state index contributed by atoms with van der Waals surface area (Å²) in [4.78, 5) is 30.4. The van der Waals surface area contributed by atoms with Crippen molar-refractivity contribution in [2.24, 2.45) is 0 Å². The van der Waals surface area contributed by atoms with E-state index in [9.17, 15) is 19.1 Å². The molecule has 2 heterocycles. The van der Waals surface area contributed by atoms with Crippen molar-refractivity contribution in [3.8, 4) is 11.1 Å². The normalized spacial score (nSPS) is 19.1. The van der Waals surface area contributed by atoms with E-state index in [1.807, 2.05) is 25.2 Å². The van der Waals surface area contributed by atoms with Crippen LogP contribution in [0.3, 0.4) is 0 Å². The summed E-state index contributed by atoms with van der Waals surface area (Å²) in [5, 5.41) is 13.3. The number of carbonyl (C=O) groups excluding carboxylic acids is 2. The number of aliphatic hydroxyl groups is 1. The fraction of sp³-hybridized carbons (Fsp3) is 0.391. The van der Waals surface area contributed by atoms with Crippen LogP contribution in [0.25, 0.3) is 11.1 Å². The molecule has 0 bridgehead atoms.